The molecule has 10 aromatic carbocycles. The van der Waals surface area contributed by atoms with E-state index in [4.69, 9.17) is 53.7 Å². The van der Waals surface area contributed by atoms with Gasteiger partial charge in [-0.15, -0.1) is 0 Å². The Balaban J connectivity index is 0.000000149. The van der Waals surface area contributed by atoms with Crippen molar-refractivity contribution in [3.05, 3.63) is 365 Å². The molecule has 0 aliphatic heterocycles. The van der Waals surface area contributed by atoms with Gasteiger partial charge >= 0.3 is 0 Å². The Morgan fingerprint density at radius 2 is 0.536 bits per heavy atom. The van der Waals surface area contributed by atoms with Crippen LogP contribution in [0.5, 0.6) is 0 Å². The molecule has 10 heterocycles. The lowest BCUT2D eigenvalue weighted by Gasteiger charge is -2.11. The smallest absolute Gasteiger partial charge is 0.164 e. The van der Waals surface area contributed by atoms with Crippen LogP contribution in [0.25, 0.3) is 202 Å². The Hall–Kier alpha value is -15.3. The molecule has 0 spiro atoms. The predicted molar refractivity (Wildman–Crippen MR) is 437 cm³/mol. The molecule has 10 aromatic heterocycles. The van der Waals surface area contributed by atoms with Gasteiger partial charge in [-0.05, 0) is 107 Å². The maximum Gasteiger partial charge on any atom is 0.164 e. The van der Waals surface area contributed by atoms with E-state index in [0.717, 1.165) is 161 Å². The van der Waals surface area contributed by atoms with Crippen LogP contribution in [0.15, 0.2) is 374 Å². The molecule has 0 amide bonds. The Bertz CT molecular complexity index is 6590. The quantitative estimate of drug-likeness (QED) is 0.100. The summed E-state index contributed by atoms with van der Waals surface area (Å²) in [5.41, 5.74) is 22.0. The lowest BCUT2D eigenvalue weighted by atomic mass is 9.95. The second kappa shape index (κ2) is 29.0. The molecule has 0 saturated carbocycles. The van der Waals surface area contributed by atoms with Crippen molar-refractivity contribution < 1.29 is 8.83 Å². The van der Waals surface area contributed by atoms with Crippen LogP contribution in [0.2, 0.25) is 0 Å². The summed E-state index contributed by atoms with van der Waals surface area (Å²) in [6, 6.07) is 110. The third-order valence-electron chi connectivity index (χ3n) is 19.4. The van der Waals surface area contributed by atoms with Crippen LogP contribution in [0.3, 0.4) is 0 Å². The number of nitrogens with zero attached hydrogens (tertiary/aromatic N) is 12. The molecule has 14 heteroatoms. The topological polar surface area (TPSA) is 181 Å². The first-order valence-electron chi connectivity index (χ1n) is 36.0. The third-order valence-corrected chi connectivity index (χ3v) is 19.4. The van der Waals surface area contributed by atoms with E-state index < -0.39 is 0 Å². The van der Waals surface area contributed by atoms with Crippen molar-refractivity contribution in [2.45, 2.75) is 0 Å². The Kier molecular flexibility index (Phi) is 17.3. The van der Waals surface area contributed by atoms with E-state index in [1.807, 2.05) is 243 Å². The van der Waals surface area contributed by atoms with Gasteiger partial charge in [0.25, 0.3) is 0 Å². The number of benzene rings is 10. The van der Waals surface area contributed by atoms with E-state index in [2.05, 4.69) is 112 Å². The van der Waals surface area contributed by atoms with E-state index >= 15 is 0 Å². The van der Waals surface area contributed by atoms with Crippen LogP contribution < -0.4 is 0 Å². The molecule has 0 fully saturated rings. The number of furan rings is 2. The molecule has 14 nitrogen and oxygen atoms in total. The fourth-order valence-corrected chi connectivity index (χ4v) is 14.1. The summed E-state index contributed by atoms with van der Waals surface area (Å²) in [4.78, 5) is 57.9. The first-order valence-corrected chi connectivity index (χ1v) is 36.0. The van der Waals surface area contributed by atoms with E-state index in [1.54, 1.807) is 24.8 Å². The zero-order valence-corrected chi connectivity index (χ0v) is 58.8. The van der Waals surface area contributed by atoms with E-state index in [0.29, 0.717) is 40.7 Å². The zero-order chi connectivity index (χ0) is 73.1. The van der Waals surface area contributed by atoms with Gasteiger partial charge in [-0.25, -0.2) is 39.9 Å². The average Bonchev–Trinajstić information content (AvgIpc) is 1.57. The summed E-state index contributed by atoms with van der Waals surface area (Å²) in [6.07, 6.45) is 10.8. The number of hydrogen-bond acceptors (Lipinski definition) is 14. The first-order chi connectivity index (χ1) is 54.5. The van der Waals surface area contributed by atoms with E-state index in [-0.39, 0.29) is 0 Å². The monoisotopic (exact) mass is 1410 g/mol. The fraction of sp³-hybridized carbons (Fsp3) is 0. The molecule has 0 bridgehead atoms. The molecule has 20 rings (SSSR count). The van der Waals surface area contributed by atoms with Gasteiger partial charge in [-0.3, -0.25) is 19.9 Å². The molecule has 0 atom stereocenters. The molecule has 0 unspecified atom stereocenters. The highest BCUT2D eigenvalue weighted by molar-refractivity contribution is 6.18. The summed E-state index contributed by atoms with van der Waals surface area (Å²) in [6.45, 7) is 0. The molecule has 20 aromatic rings. The summed E-state index contributed by atoms with van der Waals surface area (Å²) < 4.78 is 13.6. The van der Waals surface area contributed by atoms with E-state index in [1.165, 1.54) is 0 Å². The Morgan fingerprint density at radius 1 is 0.200 bits per heavy atom. The van der Waals surface area contributed by atoms with Crippen molar-refractivity contribution in [3.8, 4) is 158 Å². The van der Waals surface area contributed by atoms with Crippen LogP contribution in [0, 0.1) is 0 Å². The lowest BCUT2D eigenvalue weighted by molar-refractivity contribution is 0.632. The highest BCUT2D eigenvalue weighted by Gasteiger charge is 2.28. The Morgan fingerprint density at radius 3 is 0.982 bits per heavy atom. The molecule has 0 saturated heterocycles. The largest absolute Gasteiger partial charge is 0.455 e. The standard InChI is InChI=1S/2C48H30N6O/c1-3-14-33(15-4-1)46-52-47(34-16-5-2-6-17-34)54-48(53-46)36-19-13-18-35(30-36)31-24-26-32(27-25-31)43-42-41(39-22-9-11-28-49-39)45(40-23-10-12-29-50-40)55-44(42)37-20-7-8-21-38(37)51-43;1-3-9-36(10-4-1)46-52-47(37-11-5-2-6-12-37)54-48(53-46)38-21-17-32(18-22-38)31-15-19-34(20-16-31)43-42-41(33-23-27-49-28-24-33)44(35-25-29-50-30-26-35)55-45(42)39-13-7-8-14-40(39)51-43/h2*1-30H. The highest BCUT2D eigenvalue weighted by Crippen LogP contribution is 2.49. The fourth-order valence-electron chi connectivity index (χ4n) is 14.1. The van der Waals surface area contributed by atoms with Gasteiger partial charge in [0.15, 0.2) is 40.7 Å². The molecule has 0 N–H and O–H groups in total. The van der Waals surface area contributed by atoms with Crippen LogP contribution in [-0.4, -0.2) is 59.8 Å². The van der Waals surface area contributed by atoms with Gasteiger partial charge in [-0.1, -0.05) is 249 Å². The summed E-state index contributed by atoms with van der Waals surface area (Å²) >= 11 is 0. The van der Waals surface area contributed by atoms with Crippen LogP contribution in [0.1, 0.15) is 0 Å². The SMILES string of the molecule is c1ccc(-c2nc(-c3ccccc3)nc(-c3ccc(-c4ccc(-c5nc6ccccc6c6oc(-c7ccncc7)c(-c7ccncc7)c56)cc4)cc3)n2)cc1.c1ccc(-c2nc(-c3ccccc3)nc(-c3cccc(-c4ccc(-c5nc6ccccc6c6oc(-c7ccccn7)c(-c7ccccn7)c56)cc4)c3)n2)cc1. The Labute approximate surface area is 631 Å². The second-order valence-electron chi connectivity index (χ2n) is 26.3. The predicted octanol–water partition coefficient (Wildman–Crippen LogP) is 23.3. The summed E-state index contributed by atoms with van der Waals surface area (Å²) in [5, 5.41) is 3.73. The van der Waals surface area contributed by atoms with Gasteiger partial charge in [-0.2, -0.15) is 0 Å². The maximum absolute atomic E-state index is 6.82. The van der Waals surface area contributed by atoms with Crippen LogP contribution >= 0.6 is 0 Å². The molecule has 0 aliphatic rings. The summed E-state index contributed by atoms with van der Waals surface area (Å²) in [5.74, 6) is 5.19. The minimum Gasteiger partial charge on any atom is -0.455 e. The van der Waals surface area contributed by atoms with Crippen molar-refractivity contribution in [1.29, 1.82) is 0 Å². The van der Waals surface area contributed by atoms with Gasteiger partial charge in [0.05, 0.1) is 44.5 Å². The van der Waals surface area contributed by atoms with Crippen molar-refractivity contribution in [2.24, 2.45) is 0 Å². The van der Waals surface area contributed by atoms with Gasteiger partial charge in [0, 0.05) is 104 Å². The normalized spacial score (nSPS) is 11.3. The zero-order valence-electron chi connectivity index (χ0n) is 58.8. The minimum atomic E-state index is 0.611. The van der Waals surface area contributed by atoms with Crippen molar-refractivity contribution >= 4 is 43.7 Å². The van der Waals surface area contributed by atoms with E-state index in [9.17, 15) is 0 Å². The molecule has 110 heavy (non-hydrogen) atoms. The second-order valence-corrected chi connectivity index (χ2v) is 26.3. The average molecular weight is 1410 g/mol. The molecule has 0 radical (unpaired) electrons. The minimum absolute atomic E-state index is 0.611. The lowest BCUT2D eigenvalue weighted by Crippen LogP contribution is -2.00. The number of hydrogen-bond donors (Lipinski definition) is 0. The highest BCUT2D eigenvalue weighted by atomic mass is 16.3. The third kappa shape index (κ3) is 12.8. The number of rotatable bonds is 14. The van der Waals surface area contributed by atoms with Crippen LogP contribution in [0.4, 0.5) is 0 Å². The molecular weight excluding hydrogens is 1350 g/mol. The van der Waals surface area contributed by atoms with Gasteiger partial charge < -0.3 is 8.83 Å². The van der Waals surface area contributed by atoms with Crippen molar-refractivity contribution in [2.75, 3.05) is 0 Å². The number of para-hydroxylation sites is 2. The van der Waals surface area contributed by atoms with Crippen molar-refractivity contribution in [3.63, 3.8) is 0 Å². The molecular formula is C96H60N12O2. The number of aromatic nitrogens is 12. The summed E-state index contributed by atoms with van der Waals surface area (Å²) in [7, 11) is 0. The van der Waals surface area contributed by atoms with Crippen molar-refractivity contribution in [1.82, 2.24) is 59.8 Å². The molecule has 0 aliphatic carbocycles. The van der Waals surface area contributed by atoms with Gasteiger partial charge in [0.2, 0.25) is 0 Å². The number of fused-ring (bicyclic) bond motifs is 6. The van der Waals surface area contributed by atoms with Gasteiger partial charge in [0.1, 0.15) is 22.6 Å². The first kappa shape index (κ1) is 65.5. The molecule has 516 valence electrons. The van der Waals surface area contributed by atoms with Crippen LogP contribution in [-0.2, 0) is 0 Å². The maximum atomic E-state index is 6.82. The number of pyridine rings is 6.